The lowest BCUT2D eigenvalue weighted by Crippen LogP contribution is -2.45. The van der Waals surface area contributed by atoms with Crippen LogP contribution in [0.1, 0.15) is 19.3 Å². The quantitative estimate of drug-likeness (QED) is 0.492. The van der Waals surface area contributed by atoms with Crippen LogP contribution < -0.4 is 9.47 Å². The zero-order chi connectivity index (χ0) is 23.2. The third-order valence-corrected chi connectivity index (χ3v) is 7.48. The average Bonchev–Trinajstić information content (AvgIpc) is 3.01. The molecule has 1 aromatic rings. The van der Waals surface area contributed by atoms with E-state index < -0.39 is 15.4 Å². The van der Waals surface area contributed by atoms with Crippen LogP contribution in [0.3, 0.4) is 0 Å². The Morgan fingerprint density at radius 3 is 2.39 bits per heavy atom. The first-order chi connectivity index (χ1) is 14.6. The second-order valence-electron chi connectivity index (χ2n) is 7.80. The first kappa shape index (κ1) is 24.9. The van der Waals surface area contributed by atoms with Crippen LogP contribution in [0.25, 0.3) is 0 Å². The van der Waals surface area contributed by atoms with Gasteiger partial charge in [-0.1, -0.05) is 0 Å². The summed E-state index contributed by atoms with van der Waals surface area (Å²) in [6.45, 7) is 0.968. The smallest absolute Gasteiger partial charge is 0.312 e. The molecule has 2 heterocycles. The Morgan fingerprint density at radius 2 is 1.87 bits per heavy atom. The van der Waals surface area contributed by atoms with Crippen molar-refractivity contribution in [2.45, 2.75) is 30.3 Å². The van der Waals surface area contributed by atoms with Crippen LogP contribution in [0, 0.1) is 5.41 Å². The summed E-state index contributed by atoms with van der Waals surface area (Å²) >= 11 is 0. The van der Waals surface area contributed by atoms with Crippen molar-refractivity contribution in [3.8, 4) is 11.5 Å². The van der Waals surface area contributed by atoms with Crippen LogP contribution in [0.15, 0.2) is 23.1 Å². The van der Waals surface area contributed by atoms with E-state index in [-0.39, 0.29) is 42.3 Å². The summed E-state index contributed by atoms with van der Waals surface area (Å²) in [6.07, 6.45) is 1.42. The molecule has 3 rings (SSSR count). The summed E-state index contributed by atoms with van der Waals surface area (Å²) in [5.74, 6) is 0.515. The van der Waals surface area contributed by atoms with Gasteiger partial charge in [0.15, 0.2) is 0 Å². The molecule has 0 radical (unpaired) electrons. The molecule has 174 valence electrons. The van der Waals surface area contributed by atoms with Crippen molar-refractivity contribution < 1.29 is 37.3 Å². The van der Waals surface area contributed by atoms with E-state index in [9.17, 15) is 13.2 Å². The highest BCUT2D eigenvalue weighted by molar-refractivity contribution is 7.89. The third-order valence-electron chi connectivity index (χ3n) is 5.56. The molecule has 0 saturated carbocycles. The van der Waals surface area contributed by atoms with E-state index in [0.29, 0.717) is 31.6 Å². The predicted molar refractivity (Wildman–Crippen MR) is 112 cm³/mol. The van der Waals surface area contributed by atoms with Gasteiger partial charge in [-0.2, -0.15) is 4.31 Å². The molecule has 2 aliphatic heterocycles. The fraction of sp³-hybridized carbons (Fsp3) is 0.600. The van der Waals surface area contributed by atoms with E-state index in [1.165, 1.54) is 24.6 Å². The van der Waals surface area contributed by atoms with Crippen molar-refractivity contribution in [2.75, 3.05) is 47.9 Å². The van der Waals surface area contributed by atoms with Gasteiger partial charge in [-0.3, -0.25) is 9.59 Å². The summed E-state index contributed by atoms with van der Waals surface area (Å²) in [7, 11) is 3.04. The van der Waals surface area contributed by atoms with Gasteiger partial charge in [-0.05, 0) is 39.1 Å². The number of esters is 1. The number of carboxylic acid groups (broad SMARTS) is 1. The number of carbonyl (C=O) groups is 2. The molecule has 31 heavy (non-hydrogen) atoms. The topological polar surface area (TPSA) is 123 Å². The summed E-state index contributed by atoms with van der Waals surface area (Å²) in [4.78, 5) is 22.9. The van der Waals surface area contributed by atoms with E-state index in [1.54, 1.807) is 12.1 Å². The number of carbonyl (C=O) groups excluding carboxylic acids is 1. The van der Waals surface area contributed by atoms with Crippen molar-refractivity contribution in [2.24, 2.45) is 5.41 Å². The van der Waals surface area contributed by atoms with Crippen LogP contribution in [-0.2, 0) is 24.3 Å². The van der Waals surface area contributed by atoms with Gasteiger partial charge in [-0.25, -0.2) is 8.42 Å². The number of hydrogen-bond donors (Lipinski definition) is 1. The molecule has 2 saturated heterocycles. The monoisotopic (exact) mass is 458 g/mol. The molecule has 2 aliphatic rings. The van der Waals surface area contributed by atoms with Gasteiger partial charge in [0.25, 0.3) is 6.47 Å². The maximum absolute atomic E-state index is 13.2. The number of likely N-dealkylation sites (N-methyl/N-ethyl adjacent to an activating group) is 1. The van der Waals surface area contributed by atoms with E-state index in [1.807, 2.05) is 19.0 Å². The molecule has 1 aromatic carbocycles. The Labute approximate surface area is 182 Å². The van der Waals surface area contributed by atoms with Crippen molar-refractivity contribution >= 4 is 22.5 Å². The third kappa shape index (κ3) is 5.46. The largest absolute Gasteiger partial charge is 0.497 e. The summed E-state index contributed by atoms with van der Waals surface area (Å²) in [5, 5.41) is 6.89. The molecular formula is C20H30N2O8S. The van der Waals surface area contributed by atoms with E-state index in [4.69, 9.17) is 24.1 Å². The van der Waals surface area contributed by atoms with E-state index >= 15 is 0 Å². The van der Waals surface area contributed by atoms with Gasteiger partial charge in [0.1, 0.15) is 22.5 Å². The van der Waals surface area contributed by atoms with Gasteiger partial charge in [-0.15, -0.1) is 0 Å². The lowest BCUT2D eigenvalue weighted by atomic mass is 9.76. The molecule has 10 nitrogen and oxygen atoms in total. The Kier molecular flexibility index (Phi) is 8.27. The predicted octanol–water partition coefficient (Wildman–Crippen LogP) is 1.05. The number of methoxy groups -OCH3 is 2. The maximum Gasteiger partial charge on any atom is 0.312 e. The number of sulfonamides is 1. The van der Waals surface area contributed by atoms with Gasteiger partial charge in [0.2, 0.25) is 10.0 Å². The highest BCUT2D eigenvalue weighted by atomic mass is 32.2. The standard InChI is InChI=1S/C19H28N2O6S.CH2O2/c1-20(2)13-15-12-19(18(22)27-15)7-9-21(10-8-19)28(23,24)17-11-14(25-3)5-6-16(17)26-4;2-1-3/h5-6,11,15H,7-10,12-13H2,1-4H3;1H,(H,2,3). The second kappa shape index (κ2) is 10.3. The molecule has 0 aromatic heterocycles. The van der Waals surface area contributed by atoms with E-state index in [0.717, 1.165) is 0 Å². The van der Waals surface area contributed by atoms with Gasteiger partial charge >= 0.3 is 5.97 Å². The van der Waals surface area contributed by atoms with Crippen molar-refractivity contribution in [1.29, 1.82) is 0 Å². The number of nitrogens with zero attached hydrogens (tertiary/aromatic N) is 2. The minimum atomic E-state index is -3.77. The number of piperidine rings is 1. The number of hydrogen-bond acceptors (Lipinski definition) is 8. The number of rotatable bonds is 6. The van der Waals surface area contributed by atoms with Crippen LogP contribution in [0.5, 0.6) is 11.5 Å². The minimum Gasteiger partial charge on any atom is -0.497 e. The first-order valence-corrected chi connectivity index (χ1v) is 11.2. The Balaban J connectivity index is 0.00000107. The van der Waals surface area contributed by atoms with Crippen LogP contribution in [-0.4, -0.2) is 89.2 Å². The van der Waals surface area contributed by atoms with Crippen molar-refractivity contribution in [3.05, 3.63) is 18.2 Å². The lowest BCUT2D eigenvalue weighted by Gasteiger charge is -2.36. The fourth-order valence-electron chi connectivity index (χ4n) is 4.03. The first-order valence-electron chi connectivity index (χ1n) is 9.79. The normalized spacial score (nSPS) is 20.7. The number of benzene rings is 1. The van der Waals surface area contributed by atoms with Crippen molar-refractivity contribution in [3.63, 3.8) is 0 Å². The molecule has 0 aliphatic carbocycles. The van der Waals surface area contributed by atoms with Crippen LogP contribution >= 0.6 is 0 Å². The zero-order valence-electron chi connectivity index (χ0n) is 18.2. The van der Waals surface area contributed by atoms with E-state index in [2.05, 4.69) is 0 Å². The lowest BCUT2D eigenvalue weighted by molar-refractivity contribution is -0.150. The molecule has 1 unspecified atom stereocenters. The molecule has 1 atom stereocenters. The molecule has 2 fully saturated rings. The van der Waals surface area contributed by atoms with Gasteiger partial charge in [0.05, 0.1) is 19.6 Å². The summed E-state index contributed by atoms with van der Waals surface area (Å²) in [6, 6.07) is 4.70. The van der Waals surface area contributed by atoms with Gasteiger partial charge in [0, 0.05) is 32.1 Å². The fourth-order valence-corrected chi connectivity index (χ4v) is 5.65. The molecule has 1 spiro atoms. The SMILES string of the molecule is COc1ccc(OC)c(S(=O)(=O)N2CCC3(CC2)CC(CN(C)C)OC3=O)c1.O=CO. The molecular weight excluding hydrogens is 428 g/mol. The Hall–Kier alpha value is -2.37. The zero-order valence-corrected chi connectivity index (χ0v) is 19.1. The molecule has 0 bridgehead atoms. The highest BCUT2D eigenvalue weighted by Gasteiger charge is 2.51. The highest BCUT2D eigenvalue weighted by Crippen LogP contribution is 2.44. The summed E-state index contributed by atoms with van der Waals surface area (Å²) in [5.41, 5.74) is -0.578. The maximum atomic E-state index is 13.2. The summed E-state index contributed by atoms with van der Waals surface area (Å²) < 4.78 is 43.8. The number of cyclic esters (lactones) is 1. The minimum absolute atomic E-state index is 0.0739. The Morgan fingerprint density at radius 1 is 1.26 bits per heavy atom. The van der Waals surface area contributed by atoms with Crippen molar-refractivity contribution in [1.82, 2.24) is 9.21 Å². The molecule has 11 heteroatoms. The average molecular weight is 459 g/mol. The molecule has 1 N–H and O–H groups in total. The Bertz CT molecular complexity index is 879. The van der Waals surface area contributed by atoms with Crippen LogP contribution in [0.4, 0.5) is 0 Å². The molecule has 0 amide bonds. The number of ether oxygens (including phenoxy) is 3. The van der Waals surface area contributed by atoms with Crippen LogP contribution in [0.2, 0.25) is 0 Å². The van der Waals surface area contributed by atoms with Gasteiger partial charge < -0.3 is 24.2 Å². The second-order valence-corrected chi connectivity index (χ2v) is 9.71.